The number of aromatic nitrogens is 2. The maximum absolute atomic E-state index is 14.3. The molecule has 0 bridgehead atoms. The first-order chi connectivity index (χ1) is 24.1. The van der Waals surface area contributed by atoms with Crippen LogP contribution in [0.2, 0.25) is 0 Å². The lowest BCUT2D eigenvalue weighted by atomic mass is 9.74. The topological polar surface area (TPSA) is 130 Å². The number of ketones is 1. The van der Waals surface area contributed by atoms with Gasteiger partial charge in [-0.1, -0.05) is 20.8 Å². The smallest absolute Gasteiger partial charge is 0.319 e. The number of Topliss-reactive ketones (excluding diaryl/α,β-unsaturated/α-hetero) is 1. The van der Waals surface area contributed by atoms with Crippen LogP contribution < -0.4 is 4.90 Å². The second-order valence-corrected chi connectivity index (χ2v) is 16.1. The predicted octanol–water partition coefficient (Wildman–Crippen LogP) is 3.10. The molecule has 51 heavy (non-hydrogen) atoms. The van der Waals surface area contributed by atoms with E-state index in [2.05, 4.69) is 38.5 Å². The Morgan fingerprint density at radius 3 is 2.41 bits per heavy atom. The van der Waals surface area contributed by atoms with Gasteiger partial charge in [0.05, 0.1) is 17.8 Å². The van der Waals surface area contributed by atoms with Gasteiger partial charge in [0.15, 0.2) is 12.1 Å². The van der Waals surface area contributed by atoms with Gasteiger partial charge in [0.25, 0.3) is 0 Å². The summed E-state index contributed by atoms with van der Waals surface area (Å²) in [5, 5.41) is 11.4. The molecule has 0 unspecified atom stereocenters. The number of hydrogen-bond donors (Lipinski definition) is 1. The first-order valence-electron chi connectivity index (χ1n) is 19.0. The number of anilines is 1. The van der Waals surface area contributed by atoms with Gasteiger partial charge in [0, 0.05) is 64.0 Å². The van der Waals surface area contributed by atoms with Crippen LogP contribution in [-0.4, -0.2) is 157 Å². The van der Waals surface area contributed by atoms with Crippen LogP contribution in [0.5, 0.6) is 0 Å². The predicted molar refractivity (Wildman–Crippen MR) is 196 cm³/mol. The van der Waals surface area contributed by atoms with E-state index in [1.165, 1.54) is 0 Å². The van der Waals surface area contributed by atoms with Crippen molar-refractivity contribution in [2.75, 3.05) is 78.5 Å². The minimum absolute atomic E-state index is 0.00359. The first-order valence-corrected chi connectivity index (χ1v) is 19.0. The second-order valence-electron chi connectivity index (χ2n) is 16.1. The Hall–Kier alpha value is -2.26. The summed E-state index contributed by atoms with van der Waals surface area (Å²) < 4.78 is 25.2. The Balaban J connectivity index is 1.51. The van der Waals surface area contributed by atoms with Crippen molar-refractivity contribution in [3.8, 4) is 0 Å². The molecule has 0 saturated carbocycles. The summed E-state index contributed by atoms with van der Waals surface area (Å²) in [5.41, 5.74) is -2.35. The molecule has 13 heteroatoms. The van der Waals surface area contributed by atoms with E-state index < -0.39 is 41.4 Å². The fourth-order valence-electron chi connectivity index (χ4n) is 8.35. The normalized spacial score (nSPS) is 35.2. The molecule has 0 radical (unpaired) electrons. The van der Waals surface area contributed by atoms with E-state index in [0.29, 0.717) is 12.8 Å². The molecule has 9 atom stereocenters. The van der Waals surface area contributed by atoms with E-state index in [-0.39, 0.29) is 36.5 Å². The Labute approximate surface area is 306 Å². The minimum atomic E-state index is -1.42. The molecule has 4 rings (SSSR count). The molecule has 3 aliphatic rings. The number of piperazine rings is 1. The second kappa shape index (κ2) is 18.2. The number of ether oxygens (including phenoxy) is 4. The van der Waals surface area contributed by atoms with Crippen molar-refractivity contribution in [3.63, 3.8) is 0 Å². The van der Waals surface area contributed by atoms with E-state index in [1.54, 1.807) is 40.4 Å². The third-order valence-electron chi connectivity index (χ3n) is 11.5. The van der Waals surface area contributed by atoms with Gasteiger partial charge >= 0.3 is 5.97 Å². The first kappa shape index (κ1) is 41.5. The summed E-state index contributed by atoms with van der Waals surface area (Å²) in [6.45, 7) is 19.8. The van der Waals surface area contributed by atoms with Crippen LogP contribution in [-0.2, 0) is 28.5 Å². The monoisotopic (exact) mass is 718 g/mol. The van der Waals surface area contributed by atoms with Crippen LogP contribution >= 0.6 is 0 Å². The quantitative estimate of drug-likeness (QED) is 0.281. The fourth-order valence-corrected chi connectivity index (χ4v) is 8.35. The highest BCUT2D eigenvalue weighted by molar-refractivity contribution is 6.04. The van der Waals surface area contributed by atoms with E-state index in [1.807, 2.05) is 38.9 Å². The number of nitrogens with zero attached hydrogens (tertiary/aromatic N) is 6. The van der Waals surface area contributed by atoms with Gasteiger partial charge < -0.3 is 33.9 Å². The number of carbonyl (C=O) groups is 2. The molecule has 3 aliphatic heterocycles. The van der Waals surface area contributed by atoms with Crippen LogP contribution in [0.15, 0.2) is 18.6 Å². The summed E-state index contributed by atoms with van der Waals surface area (Å²) in [6.07, 6.45) is 3.58. The number of aliphatic hydroxyl groups is 1. The van der Waals surface area contributed by atoms with Crippen molar-refractivity contribution >= 4 is 17.6 Å². The number of carbonyl (C=O) groups excluding carboxylic acids is 2. The van der Waals surface area contributed by atoms with Gasteiger partial charge in [0.1, 0.15) is 30.3 Å². The Bertz CT molecular complexity index is 1250. The van der Waals surface area contributed by atoms with Crippen LogP contribution in [0.1, 0.15) is 74.1 Å². The summed E-state index contributed by atoms with van der Waals surface area (Å²) in [7, 11) is 5.51. The average Bonchev–Trinajstić information content (AvgIpc) is 3.11. The number of methoxy groups -OCH3 is 1. The van der Waals surface area contributed by atoms with Crippen molar-refractivity contribution in [1.82, 2.24) is 24.7 Å². The summed E-state index contributed by atoms with van der Waals surface area (Å²) in [6, 6.07) is 1.78. The van der Waals surface area contributed by atoms with Crippen LogP contribution in [0.3, 0.4) is 0 Å². The molecule has 1 aromatic rings. The highest BCUT2D eigenvalue weighted by Crippen LogP contribution is 2.38. The van der Waals surface area contributed by atoms with Crippen LogP contribution in [0.25, 0.3) is 0 Å². The number of rotatable bonds is 10. The Morgan fingerprint density at radius 1 is 1.10 bits per heavy atom. The standard InChI is InChI=1S/C38H66N6O7/c1-11-43-23-26(2)22-38(7,48-10)34(51-35-32(45)30(41(8)9)21-27(3)50-35)28(4)33(46)37(5,6)36(47)49-24-29(43)13-12-16-42-17-19-44(20-18-42)31-14-15-39-25-40-31/h14-15,25-30,32,34-35,45H,11-13,16-24H2,1-10H3/t26-,27-,28+,29+,30+,32-,34-,35+,38-/m1/s1. The van der Waals surface area contributed by atoms with Crippen molar-refractivity contribution in [3.05, 3.63) is 18.6 Å². The van der Waals surface area contributed by atoms with Gasteiger partial charge in [-0.25, -0.2) is 9.97 Å². The van der Waals surface area contributed by atoms with Gasteiger partial charge in [-0.2, -0.15) is 0 Å². The van der Waals surface area contributed by atoms with Crippen molar-refractivity contribution < 1.29 is 33.6 Å². The van der Waals surface area contributed by atoms with E-state index in [4.69, 9.17) is 18.9 Å². The van der Waals surface area contributed by atoms with Crippen LogP contribution in [0, 0.1) is 17.3 Å². The molecule has 290 valence electrons. The summed E-state index contributed by atoms with van der Waals surface area (Å²) in [4.78, 5) is 45.7. The van der Waals surface area contributed by atoms with E-state index >= 15 is 0 Å². The highest BCUT2D eigenvalue weighted by Gasteiger charge is 2.51. The van der Waals surface area contributed by atoms with Crippen molar-refractivity contribution in [2.45, 2.75) is 116 Å². The summed E-state index contributed by atoms with van der Waals surface area (Å²) >= 11 is 0. The van der Waals surface area contributed by atoms with Gasteiger partial charge in [-0.15, -0.1) is 0 Å². The molecular formula is C38H66N6O7. The van der Waals surface area contributed by atoms with Gasteiger partial charge in [-0.3, -0.25) is 19.4 Å². The van der Waals surface area contributed by atoms with E-state index in [9.17, 15) is 14.7 Å². The maximum Gasteiger partial charge on any atom is 0.319 e. The average molecular weight is 719 g/mol. The third kappa shape index (κ3) is 10.2. The number of hydrogen-bond acceptors (Lipinski definition) is 13. The lowest BCUT2D eigenvalue weighted by molar-refractivity contribution is -0.295. The molecule has 3 saturated heterocycles. The number of cyclic esters (lactones) is 1. The Morgan fingerprint density at radius 2 is 1.80 bits per heavy atom. The molecule has 0 aromatic carbocycles. The Kier molecular flexibility index (Phi) is 14.8. The van der Waals surface area contributed by atoms with E-state index in [0.717, 1.165) is 64.5 Å². The molecule has 3 fully saturated rings. The largest absolute Gasteiger partial charge is 0.463 e. The van der Waals surface area contributed by atoms with Crippen molar-refractivity contribution in [1.29, 1.82) is 0 Å². The number of esters is 1. The minimum Gasteiger partial charge on any atom is -0.463 e. The molecular weight excluding hydrogens is 652 g/mol. The zero-order valence-corrected chi connectivity index (χ0v) is 32.9. The molecule has 4 heterocycles. The SMILES string of the molecule is CCN1C[C@H](C)C[C@@](C)(OC)[C@H](O[C@@H]2O[C@H](C)C[C@H](N(C)C)[C@H]2O)[C@@H](C)C(=O)C(C)(C)C(=O)OC[C@@H]1CCCN1CCN(c2ccncn2)CC1. The molecule has 0 spiro atoms. The molecule has 0 aliphatic carbocycles. The molecule has 13 nitrogen and oxygen atoms in total. The lowest BCUT2D eigenvalue weighted by Gasteiger charge is -2.47. The lowest BCUT2D eigenvalue weighted by Crippen LogP contribution is -2.59. The van der Waals surface area contributed by atoms with Crippen LogP contribution in [0.4, 0.5) is 5.82 Å². The zero-order valence-electron chi connectivity index (χ0n) is 32.9. The third-order valence-corrected chi connectivity index (χ3v) is 11.5. The van der Waals surface area contributed by atoms with Crippen molar-refractivity contribution in [2.24, 2.45) is 17.3 Å². The van der Waals surface area contributed by atoms with Gasteiger partial charge in [-0.05, 0) is 92.5 Å². The molecule has 0 amide bonds. The molecule has 1 aromatic heterocycles. The highest BCUT2D eigenvalue weighted by atomic mass is 16.7. The zero-order chi connectivity index (χ0) is 37.5. The maximum atomic E-state index is 14.3. The number of aliphatic hydroxyl groups excluding tert-OH is 1. The fraction of sp³-hybridized carbons (Fsp3) is 0.842. The van der Waals surface area contributed by atoms with Gasteiger partial charge in [0.2, 0.25) is 0 Å². The number of likely N-dealkylation sites (N-methyl/N-ethyl adjacent to an activating group) is 2. The molecule has 1 N–H and O–H groups in total. The summed E-state index contributed by atoms with van der Waals surface area (Å²) in [5.74, 6) is -0.476.